The molecule has 2 aliphatic heterocycles. The van der Waals surface area contributed by atoms with Gasteiger partial charge in [-0.05, 0) is 44.9 Å². The maximum Gasteiger partial charge on any atom is 0.101 e. The maximum atomic E-state index is 2.71. The van der Waals surface area contributed by atoms with Crippen molar-refractivity contribution in [1.82, 2.24) is 19.6 Å². The van der Waals surface area contributed by atoms with E-state index in [9.17, 15) is 0 Å². The highest BCUT2D eigenvalue weighted by Crippen LogP contribution is 2.26. The van der Waals surface area contributed by atoms with Crippen molar-refractivity contribution >= 4 is 0 Å². The Bertz CT molecular complexity index is 1200. The molecule has 0 saturated carbocycles. The molecule has 0 amide bonds. The SMILES string of the molecule is CCCCCCCCCCCCCCCCCCN1C=CN(C)C1CCCCCCCCCCCCCCCCC.CCCCCCCCCCCCN1C=CN(CCCCCCCCCCCC)C1CCCCCCCCCCC. The molecule has 1 unspecified atom stereocenters. The zero-order valence-corrected chi connectivity index (χ0v) is 57.2. The van der Waals surface area contributed by atoms with Crippen molar-refractivity contribution in [2.24, 2.45) is 0 Å². The van der Waals surface area contributed by atoms with Gasteiger partial charge in [-0.15, -0.1) is 0 Å². The Morgan fingerprint density at radius 2 is 0.346 bits per heavy atom. The molecule has 2 rings (SSSR count). The largest absolute Gasteiger partial charge is 0.359 e. The monoisotopic (exact) mass is 1140 g/mol. The van der Waals surface area contributed by atoms with Gasteiger partial charge in [-0.25, -0.2) is 0 Å². The Kier molecular flexibility index (Phi) is 62.0. The van der Waals surface area contributed by atoms with Crippen molar-refractivity contribution in [2.75, 3.05) is 26.7 Å². The predicted octanol–water partition coefficient (Wildman–Crippen LogP) is 26.7. The normalized spacial score (nSPS) is 14.4. The summed E-state index contributed by atoms with van der Waals surface area (Å²) in [4.78, 5) is 10.5. The lowest BCUT2D eigenvalue weighted by Gasteiger charge is -2.33. The summed E-state index contributed by atoms with van der Waals surface area (Å²) in [5.41, 5.74) is 0. The summed E-state index contributed by atoms with van der Waals surface area (Å²) in [6.45, 7) is 15.3. The van der Waals surface area contributed by atoms with Crippen molar-refractivity contribution in [2.45, 2.75) is 445 Å². The zero-order valence-electron chi connectivity index (χ0n) is 57.2. The predicted molar refractivity (Wildman–Crippen MR) is 368 cm³/mol. The van der Waals surface area contributed by atoms with Crippen LogP contribution in [0, 0.1) is 0 Å². The van der Waals surface area contributed by atoms with Gasteiger partial charge in [-0.2, -0.15) is 0 Å². The van der Waals surface area contributed by atoms with Crippen LogP contribution >= 0.6 is 0 Å². The minimum absolute atomic E-state index is 0.619. The van der Waals surface area contributed by atoms with E-state index >= 15 is 0 Å². The molecule has 1 atom stereocenters. The number of unbranched alkanes of at least 4 members (excludes halogenated alkanes) is 55. The summed E-state index contributed by atoms with van der Waals surface area (Å²) in [7, 11) is 2.28. The van der Waals surface area contributed by atoms with Gasteiger partial charge in [0.15, 0.2) is 0 Å². The third kappa shape index (κ3) is 51.6. The molecule has 2 heterocycles. The molecule has 4 nitrogen and oxygen atoms in total. The third-order valence-electron chi connectivity index (χ3n) is 19.0. The first-order chi connectivity index (χ1) is 40.1. The van der Waals surface area contributed by atoms with Crippen molar-refractivity contribution < 1.29 is 0 Å². The molecule has 0 spiro atoms. The molecular weight excluding hydrogens is 981 g/mol. The topological polar surface area (TPSA) is 13.0 Å². The van der Waals surface area contributed by atoms with E-state index in [0.717, 1.165) is 0 Å². The second-order valence-corrected chi connectivity index (χ2v) is 27.0. The number of hydrogen-bond acceptors (Lipinski definition) is 4. The summed E-state index contributed by atoms with van der Waals surface area (Å²) in [5, 5.41) is 0. The standard InChI is InChI=1S/C39H78N2.C38H76N2/c1-4-6-8-10-12-14-16-18-20-22-24-26-28-30-32-34-36-41-38-37-40(3)39(41)35-33-31-29-27-25-23-21-19-17-15-13-11-9-7-5-2;1-4-7-10-13-16-19-22-25-28-31-34-39-36-37-40(35-32-29-26-23-20-17-14-11-8-5-2)38(39)33-30-27-24-21-18-15-12-9-6-3/h37-39H,4-36H2,1-3H3;36-38H,4-35H2,1-3H3. The van der Waals surface area contributed by atoms with Crippen LogP contribution < -0.4 is 0 Å². The van der Waals surface area contributed by atoms with E-state index in [-0.39, 0.29) is 0 Å². The van der Waals surface area contributed by atoms with Gasteiger partial charge >= 0.3 is 0 Å². The first-order valence-corrected chi connectivity index (χ1v) is 38.5. The fourth-order valence-corrected chi connectivity index (χ4v) is 13.3. The van der Waals surface area contributed by atoms with E-state index in [1.165, 1.54) is 418 Å². The van der Waals surface area contributed by atoms with Gasteiger partial charge in [-0.3, -0.25) is 0 Å². The molecule has 0 aliphatic carbocycles. The minimum atomic E-state index is 0.619. The Hall–Kier alpha value is -1.32. The van der Waals surface area contributed by atoms with Gasteiger partial charge in [-0.1, -0.05) is 388 Å². The first kappa shape index (κ1) is 77.7. The maximum absolute atomic E-state index is 2.71. The molecule has 0 fully saturated rings. The highest BCUT2D eigenvalue weighted by Gasteiger charge is 2.25. The lowest BCUT2D eigenvalue weighted by molar-refractivity contribution is 0.135. The average molecular weight is 1140 g/mol. The van der Waals surface area contributed by atoms with E-state index in [0.29, 0.717) is 12.3 Å². The van der Waals surface area contributed by atoms with Crippen molar-refractivity contribution in [3.8, 4) is 0 Å². The van der Waals surface area contributed by atoms with Crippen LogP contribution in [-0.2, 0) is 0 Å². The number of hydrogen-bond donors (Lipinski definition) is 0. The van der Waals surface area contributed by atoms with E-state index in [4.69, 9.17) is 0 Å². The van der Waals surface area contributed by atoms with Crippen molar-refractivity contribution in [3.63, 3.8) is 0 Å². The van der Waals surface area contributed by atoms with Crippen LogP contribution in [0.4, 0.5) is 0 Å². The molecule has 4 heteroatoms. The van der Waals surface area contributed by atoms with Crippen LogP contribution in [-0.4, -0.2) is 58.6 Å². The lowest BCUT2D eigenvalue weighted by atomic mass is 10.0. The summed E-state index contributed by atoms with van der Waals surface area (Å²) < 4.78 is 0. The van der Waals surface area contributed by atoms with Gasteiger partial charge in [0, 0.05) is 51.5 Å². The Morgan fingerprint density at radius 3 is 0.568 bits per heavy atom. The molecule has 0 bridgehead atoms. The molecule has 482 valence electrons. The molecule has 0 aromatic carbocycles. The van der Waals surface area contributed by atoms with Gasteiger partial charge in [0.1, 0.15) is 12.3 Å². The van der Waals surface area contributed by atoms with Gasteiger partial charge in [0.25, 0.3) is 0 Å². The van der Waals surface area contributed by atoms with E-state index in [2.05, 4.69) is 86.1 Å². The highest BCUT2D eigenvalue weighted by atomic mass is 15.4. The Balaban J connectivity index is 0.000000810. The smallest absolute Gasteiger partial charge is 0.101 e. The van der Waals surface area contributed by atoms with Gasteiger partial charge < -0.3 is 19.6 Å². The van der Waals surface area contributed by atoms with E-state index < -0.39 is 0 Å². The van der Waals surface area contributed by atoms with Crippen LogP contribution in [0.3, 0.4) is 0 Å². The molecular formula is C77H154N4. The van der Waals surface area contributed by atoms with Gasteiger partial charge in [0.2, 0.25) is 0 Å². The van der Waals surface area contributed by atoms with Crippen LogP contribution in [0.15, 0.2) is 24.8 Å². The molecule has 81 heavy (non-hydrogen) atoms. The summed E-state index contributed by atoms with van der Waals surface area (Å²) in [5.74, 6) is 0. The number of rotatable bonds is 65. The quantitative estimate of drug-likeness (QED) is 0.0563. The zero-order chi connectivity index (χ0) is 58.3. The molecule has 2 aliphatic rings. The van der Waals surface area contributed by atoms with E-state index in [1.807, 2.05) is 0 Å². The van der Waals surface area contributed by atoms with Crippen molar-refractivity contribution in [1.29, 1.82) is 0 Å². The first-order valence-electron chi connectivity index (χ1n) is 38.5. The fraction of sp³-hybridized carbons (Fsp3) is 0.948. The van der Waals surface area contributed by atoms with E-state index in [1.54, 1.807) is 0 Å². The van der Waals surface area contributed by atoms with Gasteiger partial charge in [0.05, 0.1) is 0 Å². The Morgan fingerprint density at radius 1 is 0.185 bits per heavy atom. The average Bonchev–Trinajstić information content (AvgIpc) is 4.05. The summed E-state index contributed by atoms with van der Waals surface area (Å²) in [6, 6.07) is 0. The molecule has 0 saturated heterocycles. The second kappa shape index (κ2) is 64.7. The lowest BCUT2D eigenvalue weighted by Crippen LogP contribution is -2.39. The van der Waals surface area contributed by atoms with Crippen LogP contribution in [0.2, 0.25) is 0 Å². The summed E-state index contributed by atoms with van der Waals surface area (Å²) in [6.07, 6.45) is 100. The van der Waals surface area contributed by atoms with Crippen LogP contribution in [0.5, 0.6) is 0 Å². The third-order valence-corrected chi connectivity index (χ3v) is 19.0. The highest BCUT2D eigenvalue weighted by molar-refractivity contribution is 4.97. The molecule has 0 N–H and O–H groups in total. The van der Waals surface area contributed by atoms with Crippen molar-refractivity contribution in [3.05, 3.63) is 24.8 Å². The molecule has 0 aromatic heterocycles. The molecule has 0 radical (unpaired) electrons. The number of nitrogens with zero attached hydrogens (tertiary/aromatic N) is 4. The van der Waals surface area contributed by atoms with Crippen LogP contribution in [0.25, 0.3) is 0 Å². The summed E-state index contributed by atoms with van der Waals surface area (Å²) >= 11 is 0. The van der Waals surface area contributed by atoms with Crippen LogP contribution in [0.1, 0.15) is 433 Å². The Labute approximate surface area is 513 Å². The minimum Gasteiger partial charge on any atom is -0.359 e. The molecule has 0 aromatic rings. The fourth-order valence-electron chi connectivity index (χ4n) is 13.3. The second-order valence-electron chi connectivity index (χ2n) is 27.0.